The topological polar surface area (TPSA) is 82.9 Å². The number of hydrogen-bond donors (Lipinski definition) is 1. The number of fused-ring (bicyclic) bond motifs is 3. The van der Waals surface area contributed by atoms with Gasteiger partial charge in [0.05, 0.1) is 41.4 Å². The normalized spacial score (nSPS) is 19.7. The first-order chi connectivity index (χ1) is 17.4. The lowest BCUT2D eigenvalue weighted by Gasteiger charge is -2.38. The minimum absolute atomic E-state index is 0.0245. The molecule has 5 rings (SSSR count). The molecule has 0 saturated heterocycles. The summed E-state index contributed by atoms with van der Waals surface area (Å²) in [5, 5.41) is 15.8. The number of allylic oxidation sites excluding steroid dienone is 2. The number of anilines is 1. The van der Waals surface area contributed by atoms with E-state index in [-0.39, 0.29) is 28.5 Å². The summed E-state index contributed by atoms with van der Waals surface area (Å²) in [5.74, 6) is 1.89. The highest BCUT2D eigenvalue weighted by Gasteiger charge is 2.40. The fourth-order valence-electron chi connectivity index (χ4n) is 5.04. The van der Waals surface area contributed by atoms with E-state index in [1.54, 1.807) is 13.2 Å². The van der Waals surface area contributed by atoms with E-state index in [9.17, 15) is 10.1 Å². The van der Waals surface area contributed by atoms with Gasteiger partial charge in [-0.2, -0.15) is 0 Å². The van der Waals surface area contributed by atoms with Crippen LogP contribution >= 0.6 is 27.5 Å². The molecule has 7 nitrogen and oxygen atoms in total. The molecule has 0 saturated carbocycles. The molecule has 1 aliphatic carbocycles. The standard InChI is InChI=1S/C27H24BrClN2O5/c1-34-23-13-18(31(32)33)12-21-19-4-3-5-20(19)25(30-26(21)23)16-10-22(28)27(24(11-16)35-2)36-14-15-6-8-17(29)9-7-15/h3-4,6-13,19-20,25,30H,5,14H2,1-2H3/t19-,20+,25-/m1/s1. The van der Waals surface area contributed by atoms with Crippen LogP contribution in [-0.4, -0.2) is 19.1 Å². The van der Waals surface area contributed by atoms with Gasteiger partial charge in [-0.15, -0.1) is 0 Å². The van der Waals surface area contributed by atoms with Crippen molar-refractivity contribution in [3.8, 4) is 17.2 Å². The highest BCUT2D eigenvalue weighted by molar-refractivity contribution is 9.10. The molecule has 1 aliphatic heterocycles. The number of methoxy groups -OCH3 is 2. The Morgan fingerprint density at radius 1 is 1.11 bits per heavy atom. The molecular weight excluding hydrogens is 548 g/mol. The number of nitrogens with one attached hydrogen (secondary N) is 1. The Balaban J connectivity index is 1.49. The number of hydrogen-bond acceptors (Lipinski definition) is 6. The van der Waals surface area contributed by atoms with Gasteiger partial charge in [-0.3, -0.25) is 10.1 Å². The zero-order chi connectivity index (χ0) is 25.4. The molecule has 0 bridgehead atoms. The number of nitro groups is 1. The summed E-state index contributed by atoms with van der Waals surface area (Å²) in [7, 11) is 3.14. The van der Waals surface area contributed by atoms with Crippen LogP contribution < -0.4 is 19.5 Å². The smallest absolute Gasteiger partial charge is 0.273 e. The van der Waals surface area contributed by atoms with Crippen molar-refractivity contribution in [2.75, 3.05) is 19.5 Å². The lowest BCUT2D eigenvalue weighted by Crippen LogP contribution is -2.29. The average Bonchev–Trinajstić information content (AvgIpc) is 3.37. The van der Waals surface area contributed by atoms with Gasteiger partial charge in [0.2, 0.25) is 0 Å². The summed E-state index contributed by atoms with van der Waals surface area (Å²) in [6.07, 6.45) is 5.12. The molecule has 36 heavy (non-hydrogen) atoms. The molecule has 2 aliphatic rings. The van der Waals surface area contributed by atoms with Crippen molar-refractivity contribution in [2.45, 2.75) is 25.0 Å². The van der Waals surface area contributed by atoms with Crippen LogP contribution in [-0.2, 0) is 6.61 Å². The van der Waals surface area contributed by atoms with Gasteiger partial charge in [-0.25, -0.2) is 0 Å². The minimum Gasteiger partial charge on any atom is -0.494 e. The molecule has 0 aromatic heterocycles. The van der Waals surface area contributed by atoms with E-state index in [1.807, 2.05) is 36.4 Å². The lowest BCUT2D eigenvalue weighted by molar-refractivity contribution is -0.385. The first-order valence-electron chi connectivity index (χ1n) is 11.4. The molecule has 3 atom stereocenters. The van der Waals surface area contributed by atoms with E-state index in [2.05, 4.69) is 33.4 Å². The number of rotatable bonds is 7. The fraction of sp³-hybridized carbons (Fsp3) is 0.259. The highest BCUT2D eigenvalue weighted by Crippen LogP contribution is 2.54. The molecule has 0 amide bonds. The van der Waals surface area contributed by atoms with Gasteiger partial charge >= 0.3 is 0 Å². The van der Waals surface area contributed by atoms with Crippen LogP contribution in [0.2, 0.25) is 5.02 Å². The van der Waals surface area contributed by atoms with E-state index < -0.39 is 0 Å². The lowest BCUT2D eigenvalue weighted by atomic mass is 9.76. The van der Waals surface area contributed by atoms with Gasteiger partial charge in [0, 0.05) is 17.0 Å². The Kier molecular flexibility index (Phi) is 6.81. The second-order valence-corrected chi connectivity index (χ2v) is 10.1. The summed E-state index contributed by atoms with van der Waals surface area (Å²) >= 11 is 9.67. The summed E-state index contributed by atoms with van der Waals surface area (Å²) in [6.45, 7) is 0.366. The Labute approximate surface area is 222 Å². The van der Waals surface area contributed by atoms with Gasteiger partial charge in [-0.1, -0.05) is 35.9 Å². The molecule has 9 heteroatoms. The monoisotopic (exact) mass is 570 g/mol. The van der Waals surface area contributed by atoms with Crippen molar-refractivity contribution in [3.05, 3.63) is 97.0 Å². The first kappa shape index (κ1) is 24.5. The van der Waals surface area contributed by atoms with Crippen molar-refractivity contribution < 1.29 is 19.1 Å². The maximum atomic E-state index is 11.5. The summed E-state index contributed by atoms with van der Waals surface area (Å²) in [4.78, 5) is 11.1. The van der Waals surface area contributed by atoms with Crippen LogP contribution in [0.3, 0.4) is 0 Å². The van der Waals surface area contributed by atoms with Crippen LogP contribution in [0.15, 0.2) is 65.2 Å². The molecule has 0 radical (unpaired) electrons. The zero-order valence-electron chi connectivity index (χ0n) is 19.7. The number of nitrogens with zero attached hydrogens (tertiary/aromatic N) is 1. The van der Waals surface area contributed by atoms with Crippen molar-refractivity contribution in [2.24, 2.45) is 5.92 Å². The van der Waals surface area contributed by atoms with E-state index in [0.717, 1.165) is 33.3 Å². The Hall–Kier alpha value is -3.23. The minimum atomic E-state index is -0.382. The summed E-state index contributed by atoms with van der Waals surface area (Å²) in [5.41, 5.74) is 3.69. The predicted octanol–water partition coefficient (Wildman–Crippen LogP) is 7.43. The van der Waals surface area contributed by atoms with Crippen molar-refractivity contribution in [3.63, 3.8) is 0 Å². The second-order valence-electron chi connectivity index (χ2n) is 8.79. The SMILES string of the molecule is COc1cc([N+](=O)[O-])cc2c1N[C@H](c1cc(Br)c(OCc3ccc(Cl)cc3)c(OC)c1)[C@H]1CC=C[C@@H]21. The van der Waals surface area contributed by atoms with Crippen molar-refractivity contribution >= 4 is 38.9 Å². The van der Waals surface area contributed by atoms with E-state index >= 15 is 0 Å². The van der Waals surface area contributed by atoms with Crippen LogP contribution in [0.25, 0.3) is 0 Å². The van der Waals surface area contributed by atoms with E-state index in [0.29, 0.717) is 28.9 Å². The number of benzene rings is 3. The summed E-state index contributed by atoms with van der Waals surface area (Å²) in [6, 6.07) is 14.6. The molecule has 186 valence electrons. The molecule has 1 heterocycles. The van der Waals surface area contributed by atoms with Gasteiger partial charge in [0.1, 0.15) is 12.4 Å². The summed E-state index contributed by atoms with van der Waals surface area (Å²) < 4.78 is 18.2. The quantitative estimate of drug-likeness (QED) is 0.180. The Bertz CT molecular complexity index is 1340. The maximum absolute atomic E-state index is 11.5. The maximum Gasteiger partial charge on any atom is 0.273 e. The number of halogens is 2. The van der Waals surface area contributed by atoms with Gasteiger partial charge in [-0.05, 0) is 69.2 Å². The van der Waals surface area contributed by atoms with E-state index in [4.69, 9.17) is 25.8 Å². The molecule has 0 unspecified atom stereocenters. The van der Waals surface area contributed by atoms with Crippen LogP contribution in [0.1, 0.15) is 35.1 Å². The van der Waals surface area contributed by atoms with Crippen molar-refractivity contribution in [1.82, 2.24) is 0 Å². The zero-order valence-corrected chi connectivity index (χ0v) is 22.0. The predicted molar refractivity (Wildman–Crippen MR) is 142 cm³/mol. The Morgan fingerprint density at radius 2 is 1.86 bits per heavy atom. The molecule has 0 fully saturated rings. The molecule has 0 spiro atoms. The van der Waals surface area contributed by atoms with Crippen LogP contribution in [0.5, 0.6) is 17.2 Å². The molecule has 3 aromatic carbocycles. The third-order valence-corrected chi connectivity index (χ3v) is 7.60. The van der Waals surface area contributed by atoms with Crippen LogP contribution in [0, 0.1) is 16.0 Å². The third-order valence-electron chi connectivity index (χ3n) is 6.76. The molecule has 3 aromatic rings. The molecular formula is C27H24BrClN2O5. The van der Waals surface area contributed by atoms with Crippen molar-refractivity contribution in [1.29, 1.82) is 0 Å². The van der Waals surface area contributed by atoms with Gasteiger partial charge < -0.3 is 19.5 Å². The second kappa shape index (κ2) is 10.0. The fourth-order valence-corrected chi connectivity index (χ4v) is 5.74. The number of nitro benzene ring substituents is 1. The third kappa shape index (κ3) is 4.51. The largest absolute Gasteiger partial charge is 0.494 e. The Morgan fingerprint density at radius 3 is 2.56 bits per heavy atom. The highest BCUT2D eigenvalue weighted by atomic mass is 79.9. The molecule has 1 N–H and O–H groups in total. The first-order valence-corrected chi connectivity index (χ1v) is 12.6. The van der Waals surface area contributed by atoms with E-state index in [1.165, 1.54) is 13.2 Å². The average molecular weight is 572 g/mol. The number of ether oxygens (including phenoxy) is 3. The van der Waals surface area contributed by atoms with Crippen LogP contribution in [0.4, 0.5) is 11.4 Å². The van der Waals surface area contributed by atoms with Gasteiger partial charge in [0.15, 0.2) is 11.5 Å². The van der Waals surface area contributed by atoms with Gasteiger partial charge in [0.25, 0.3) is 5.69 Å². The number of non-ortho nitro benzene ring substituents is 1.